The molecule has 1 aromatic rings. The summed E-state index contributed by atoms with van der Waals surface area (Å²) in [5.41, 5.74) is 1.14. The van der Waals surface area contributed by atoms with E-state index in [1.807, 2.05) is 4.90 Å². The quantitative estimate of drug-likeness (QED) is 0.815. The van der Waals surface area contributed by atoms with Gasteiger partial charge in [-0.3, -0.25) is 0 Å². The third-order valence-corrected chi connectivity index (χ3v) is 3.75. The van der Waals surface area contributed by atoms with Crippen molar-refractivity contribution in [2.24, 2.45) is 0 Å². The molecule has 1 aliphatic heterocycles. The molecule has 1 aliphatic rings. The maximum atomic E-state index is 11.9. The fourth-order valence-corrected chi connectivity index (χ4v) is 2.31. The van der Waals surface area contributed by atoms with Crippen LogP contribution < -0.4 is 10.6 Å². The first-order valence-corrected chi connectivity index (χ1v) is 7.38. The van der Waals surface area contributed by atoms with Crippen LogP contribution in [0.4, 0.5) is 4.79 Å². The number of amides is 2. The molecule has 0 unspecified atom stereocenters. The summed E-state index contributed by atoms with van der Waals surface area (Å²) >= 11 is 1.72. The van der Waals surface area contributed by atoms with Gasteiger partial charge in [0.25, 0.3) is 0 Å². The number of hydrogen-bond acceptors (Lipinski definition) is 3. The standard InChI is InChI=1S/C13H19N3OS/c1-18-12-4-2-11(3-5-12)10-15-13(17)16-8-6-14-7-9-16/h2-5,14H,6-10H2,1H3,(H,15,17). The minimum absolute atomic E-state index is 0.0328. The minimum Gasteiger partial charge on any atom is -0.334 e. The number of thioether (sulfide) groups is 1. The molecule has 0 saturated carbocycles. The molecule has 1 heterocycles. The fraction of sp³-hybridized carbons (Fsp3) is 0.462. The van der Waals surface area contributed by atoms with Crippen LogP contribution in [0.3, 0.4) is 0 Å². The number of nitrogens with zero attached hydrogens (tertiary/aromatic N) is 1. The van der Waals surface area contributed by atoms with Crippen molar-refractivity contribution in [1.29, 1.82) is 0 Å². The lowest BCUT2D eigenvalue weighted by molar-refractivity contribution is 0.190. The molecule has 98 valence electrons. The Balaban J connectivity index is 1.80. The first-order chi connectivity index (χ1) is 8.79. The van der Waals surface area contributed by atoms with Crippen LogP contribution in [0.25, 0.3) is 0 Å². The van der Waals surface area contributed by atoms with Gasteiger partial charge in [-0.05, 0) is 24.0 Å². The molecule has 2 amide bonds. The van der Waals surface area contributed by atoms with E-state index >= 15 is 0 Å². The second-order valence-corrected chi connectivity index (χ2v) is 5.12. The monoisotopic (exact) mass is 265 g/mol. The van der Waals surface area contributed by atoms with E-state index in [0.29, 0.717) is 6.54 Å². The van der Waals surface area contributed by atoms with E-state index in [1.165, 1.54) is 4.90 Å². The maximum Gasteiger partial charge on any atom is 0.317 e. The van der Waals surface area contributed by atoms with Crippen molar-refractivity contribution < 1.29 is 4.79 Å². The second-order valence-electron chi connectivity index (χ2n) is 4.24. The molecular weight excluding hydrogens is 246 g/mol. The number of carbonyl (C=O) groups excluding carboxylic acids is 1. The molecule has 1 aromatic carbocycles. The topological polar surface area (TPSA) is 44.4 Å². The van der Waals surface area contributed by atoms with E-state index in [9.17, 15) is 4.79 Å². The maximum absolute atomic E-state index is 11.9. The molecular formula is C13H19N3OS. The highest BCUT2D eigenvalue weighted by molar-refractivity contribution is 7.98. The zero-order valence-corrected chi connectivity index (χ0v) is 11.4. The molecule has 5 heteroatoms. The van der Waals surface area contributed by atoms with Crippen LogP contribution in [-0.4, -0.2) is 43.4 Å². The summed E-state index contributed by atoms with van der Waals surface area (Å²) in [5.74, 6) is 0. The highest BCUT2D eigenvalue weighted by Crippen LogP contribution is 2.14. The minimum atomic E-state index is 0.0328. The lowest BCUT2D eigenvalue weighted by Gasteiger charge is -2.27. The van der Waals surface area contributed by atoms with Crippen LogP contribution in [0.2, 0.25) is 0 Å². The zero-order chi connectivity index (χ0) is 12.8. The molecule has 2 N–H and O–H groups in total. The van der Waals surface area contributed by atoms with E-state index in [2.05, 4.69) is 41.2 Å². The molecule has 18 heavy (non-hydrogen) atoms. The fourth-order valence-electron chi connectivity index (χ4n) is 1.90. The van der Waals surface area contributed by atoms with Crippen molar-refractivity contribution in [3.8, 4) is 0 Å². The Morgan fingerprint density at radius 1 is 1.33 bits per heavy atom. The summed E-state index contributed by atoms with van der Waals surface area (Å²) < 4.78 is 0. The van der Waals surface area contributed by atoms with Crippen LogP contribution in [0.15, 0.2) is 29.2 Å². The van der Waals surface area contributed by atoms with Gasteiger partial charge in [0, 0.05) is 37.6 Å². The van der Waals surface area contributed by atoms with E-state index in [-0.39, 0.29) is 6.03 Å². The van der Waals surface area contributed by atoms with Gasteiger partial charge in [-0.2, -0.15) is 0 Å². The van der Waals surface area contributed by atoms with Gasteiger partial charge >= 0.3 is 6.03 Å². The summed E-state index contributed by atoms with van der Waals surface area (Å²) in [4.78, 5) is 15.0. The van der Waals surface area contributed by atoms with Crippen molar-refractivity contribution in [2.75, 3.05) is 32.4 Å². The predicted molar refractivity (Wildman–Crippen MR) is 74.9 cm³/mol. The van der Waals surface area contributed by atoms with Crippen LogP contribution in [0, 0.1) is 0 Å². The molecule has 2 rings (SSSR count). The largest absolute Gasteiger partial charge is 0.334 e. The van der Waals surface area contributed by atoms with Crippen molar-refractivity contribution in [1.82, 2.24) is 15.5 Å². The molecule has 4 nitrogen and oxygen atoms in total. The molecule has 0 bridgehead atoms. The van der Waals surface area contributed by atoms with Gasteiger partial charge in [-0.1, -0.05) is 12.1 Å². The Morgan fingerprint density at radius 2 is 2.00 bits per heavy atom. The number of rotatable bonds is 3. The third-order valence-electron chi connectivity index (χ3n) is 3.01. The number of benzene rings is 1. The number of piperazine rings is 1. The van der Waals surface area contributed by atoms with Gasteiger partial charge in [-0.25, -0.2) is 4.79 Å². The van der Waals surface area contributed by atoms with Gasteiger partial charge in [0.1, 0.15) is 0 Å². The summed E-state index contributed by atoms with van der Waals surface area (Å²) in [6, 6.07) is 8.31. The average Bonchev–Trinajstić information content (AvgIpc) is 2.46. The highest BCUT2D eigenvalue weighted by atomic mass is 32.2. The second kappa shape index (κ2) is 6.66. The average molecular weight is 265 g/mol. The van der Waals surface area contributed by atoms with E-state index in [4.69, 9.17) is 0 Å². The summed E-state index contributed by atoms with van der Waals surface area (Å²) in [5, 5.41) is 6.19. The number of carbonyl (C=O) groups is 1. The first kappa shape index (κ1) is 13.2. The lowest BCUT2D eigenvalue weighted by atomic mass is 10.2. The van der Waals surface area contributed by atoms with Gasteiger partial charge in [0.2, 0.25) is 0 Å². The van der Waals surface area contributed by atoms with Crippen LogP contribution >= 0.6 is 11.8 Å². The molecule has 0 spiro atoms. The lowest BCUT2D eigenvalue weighted by Crippen LogP contribution is -2.50. The van der Waals surface area contributed by atoms with E-state index in [1.54, 1.807) is 11.8 Å². The van der Waals surface area contributed by atoms with Crippen LogP contribution in [-0.2, 0) is 6.54 Å². The Morgan fingerprint density at radius 3 is 2.61 bits per heavy atom. The summed E-state index contributed by atoms with van der Waals surface area (Å²) in [6.07, 6.45) is 2.06. The Labute approximate surface area is 112 Å². The number of nitrogens with one attached hydrogen (secondary N) is 2. The first-order valence-electron chi connectivity index (χ1n) is 6.16. The Bertz CT molecular complexity index is 388. The molecule has 1 saturated heterocycles. The smallest absolute Gasteiger partial charge is 0.317 e. The molecule has 0 radical (unpaired) electrons. The Hall–Kier alpha value is -1.20. The normalized spacial score (nSPS) is 15.5. The number of hydrogen-bond donors (Lipinski definition) is 2. The van der Waals surface area contributed by atoms with Crippen molar-refractivity contribution in [3.63, 3.8) is 0 Å². The number of urea groups is 1. The summed E-state index contributed by atoms with van der Waals surface area (Å²) in [7, 11) is 0. The molecule has 0 aliphatic carbocycles. The van der Waals surface area contributed by atoms with Gasteiger partial charge < -0.3 is 15.5 Å². The van der Waals surface area contributed by atoms with Crippen molar-refractivity contribution >= 4 is 17.8 Å². The molecule has 0 aromatic heterocycles. The van der Waals surface area contributed by atoms with Crippen molar-refractivity contribution in [3.05, 3.63) is 29.8 Å². The van der Waals surface area contributed by atoms with Crippen LogP contribution in [0.5, 0.6) is 0 Å². The van der Waals surface area contributed by atoms with Gasteiger partial charge in [-0.15, -0.1) is 11.8 Å². The van der Waals surface area contributed by atoms with Gasteiger partial charge in [0.05, 0.1) is 0 Å². The third kappa shape index (κ3) is 3.65. The van der Waals surface area contributed by atoms with Crippen molar-refractivity contribution in [2.45, 2.75) is 11.4 Å². The van der Waals surface area contributed by atoms with Gasteiger partial charge in [0.15, 0.2) is 0 Å². The SMILES string of the molecule is CSc1ccc(CNC(=O)N2CCNCC2)cc1. The zero-order valence-electron chi connectivity index (χ0n) is 10.6. The molecule has 1 fully saturated rings. The highest BCUT2D eigenvalue weighted by Gasteiger charge is 2.15. The summed E-state index contributed by atoms with van der Waals surface area (Å²) in [6.45, 7) is 3.94. The van der Waals surface area contributed by atoms with E-state index < -0.39 is 0 Å². The van der Waals surface area contributed by atoms with Crippen LogP contribution in [0.1, 0.15) is 5.56 Å². The predicted octanol–water partition coefficient (Wildman–Crippen LogP) is 1.52. The Kier molecular flexibility index (Phi) is 4.90. The van der Waals surface area contributed by atoms with E-state index in [0.717, 1.165) is 31.7 Å². The molecule has 0 atom stereocenters.